The molecule has 1 aromatic carbocycles. The average molecular weight is 356 g/mol. The number of para-hydroxylation sites is 2. The summed E-state index contributed by atoms with van der Waals surface area (Å²) in [5.74, 6) is 2.18. The van der Waals surface area contributed by atoms with Crippen LogP contribution in [-0.4, -0.2) is 33.0 Å². The number of H-pyrrole nitrogens is 1. The minimum absolute atomic E-state index is 0.193. The van der Waals surface area contributed by atoms with Gasteiger partial charge >= 0.3 is 0 Å². The molecule has 1 atom stereocenters. The molecule has 1 amide bonds. The van der Waals surface area contributed by atoms with Gasteiger partial charge in [0.2, 0.25) is 5.76 Å². The highest BCUT2D eigenvalue weighted by molar-refractivity contribution is 7.98. The number of carbonyl (C=O) groups excluding carboxylic acids is 1. The summed E-state index contributed by atoms with van der Waals surface area (Å²) >= 11 is 1.74. The molecule has 0 bridgehead atoms. The molecule has 0 spiro atoms. The maximum absolute atomic E-state index is 12.6. The standard InChI is InChI=1S/C18H20N4O2S/c1-25-9-8-14(17-19-12-4-2-3-5-13(12)20-17)21-18(23)16-10-15(22-24-16)11-6-7-11/h2-5,10-11,14H,6-9H2,1H3,(H,19,20)(H,21,23)/t14-/m0/s1. The first-order valence-electron chi connectivity index (χ1n) is 8.45. The Morgan fingerprint density at radius 2 is 2.28 bits per heavy atom. The van der Waals surface area contributed by atoms with Gasteiger partial charge in [0, 0.05) is 12.0 Å². The van der Waals surface area contributed by atoms with Crippen LogP contribution in [0, 0.1) is 0 Å². The zero-order valence-electron chi connectivity index (χ0n) is 14.0. The summed E-state index contributed by atoms with van der Waals surface area (Å²) < 4.78 is 5.23. The van der Waals surface area contributed by atoms with Gasteiger partial charge in [-0.2, -0.15) is 11.8 Å². The fraction of sp³-hybridized carbons (Fsp3) is 0.389. The maximum atomic E-state index is 12.6. The molecule has 25 heavy (non-hydrogen) atoms. The van der Waals surface area contributed by atoms with Crippen LogP contribution in [0.1, 0.15) is 53.3 Å². The van der Waals surface area contributed by atoms with E-state index in [1.807, 2.05) is 24.3 Å². The Hall–Kier alpha value is -2.28. The molecule has 1 saturated carbocycles. The van der Waals surface area contributed by atoms with E-state index in [-0.39, 0.29) is 17.7 Å². The molecule has 0 unspecified atom stereocenters. The Morgan fingerprint density at radius 1 is 1.44 bits per heavy atom. The Kier molecular flexibility index (Phi) is 4.48. The molecule has 3 aromatic rings. The Morgan fingerprint density at radius 3 is 3.04 bits per heavy atom. The predicted octanol–water partition coefficient (Wildman–Crippen LogP) is 3.65. The largest absolute Gasteiger partial charge is 0.351 e. The van der Waals surface area contributed by atoms with Crippen molar-refractivity contribution in [2.45, 2.75) is 31.2 Å². The molecule has 0 aliphatic heterocycles. The van der Waals surface area contributed by atoms with Crippen LogP contribution in [0.3, 0.4) is 0 Å². The molecule has 6 nitrogen and oxygen atoms in total. The predicted molar refractivity (Wildman–Crippen MR) is 97.8 cm³/mol. The summed E-state index contributed by atoms with van der Waals surface area (Å²) in [6.45, 7) is 0. The third-order valence-electron chi connectivity index (χ3n) is 4.40. The van der Waals surface area contributed by atoms with Crippen molar-refractivity contribution in [3.8, 4) is 0 Å². The number of rotatable bonds is 7. The molecule has 0 radical (unpaired) electrons. The number of aromatic nitrogens is 3. The van der Waals surface area contributed by atoms with E-state index >= 15 is 0 Å². The fourth-order valence-electron chi connectivity index (χ4n) is 2.85. The van der Waals surface area contributed by atoms with Crippen LogP contribution in [-0.2, 0) is 0 Å². The van der Waals surface area contributed by atoms with Crippen LogP contribution < -0.4 is 5.32 Å². The van der Waals surface area contributed by atoms with Crippen LogP contribution in [0.2, 0.25) is 0 Å². The second-order valence-corrected chi connectivity index (χ2v) is 7.32. The highest BCUT2D eigenvalue weighted by Gasteiger charge is 2.29. The SMILES string of the molecule is CSCC[C@H](NC(=O)c1cc(C2CC2)no1)c1nc2ccccc2[nH]1. The van der Waals surface area contributed by atoms with Gasteiger partial charge < -0.3 is 14.8 Å². The number of fused-ring (bicyclic) bond motifs is 1. The zero-order valence-corrected chi connectivity index (χ0v) is 14.8. The molecule has 2 N–H and O–H groups in total. The smallest absolute Gasteiger partial charge is 0.290 e. The topological polar surface area (TPSA) is 83.8 Å². The quantitative estimate of drug-likeness (QED) is 0.675. The summed E-state index contributed by atoms with van der Waals surface area (Å²) in [4.78, 5) is 20.5. The van der Waals surface area contributed by atoms with Gasteiger partial charge in [-0.3, -0.25) is 4.79 Å². The first kappa shape index (κ1) is 16.2. The maximum Gasteiger partial charge on any atom is 0.290 e. The molecule has 130 valence electrons. The van der Waals surface area contributed by atoms with Gasteiger partial charge in [0.05, 0.1) is 22.8 Å². The highest BCUT2D eigenvalue weighted by Crippen LogP contribution is 2.39. The van der Waals surface area contributed by atoms with Crippen molar-refractivity contribution < 1.29 is 9.32 Å². The number of benzene rings is 1. The van der Waals surface area contributed by atoms with Crippen LogP contribution in [0.4, 0.5) is 0 Å². The van der Waals surface area contributed by atoms with Crippen LogP contribution in [0.5, 0.6) is 0 Å². The molecule has 7 heteroatoms. The second kappa shape index (κ2) is 6.92. The van der Waals surface area contributed by atoms with Crippen LogP contribution in [0.15, 0.2) is 34.9 Å². The van der Waals surface area contributed by atoms with Crippen LogP contribution >= 0.6 is 11.8 Å². The third kappa shape index (κ3) is 3.56. The Labute approximate surface area is 149 Å². The lowest BCUT2D eigenvalue weighted by Crippen LogP contribution is -2.29. The highest BCUT2D eigenvalue weighted by atomic mass is 32.2. The van der Waals surface area contributed by atoms with E-state index in [9.17, 15) is 4.79 Å². The number of hydrogen-bond acceptors (Lipinski definition) is 5. The lowest BCUT2D eigenvalue weighted by molar-refractivity contribution is 0.0896. The monoisotopic (exact) mass is 356 g/mol. The zero-order chi connectivity index (χ0) is 17.2. The summed E-state index contributed by atoms with van der Waals surface area (Å²) in [6, 6.07) is 9.43. The molecule has 2 aromatic heterocycles. The summed E-state index contributed by atoms with van der Waals surface area (Å²) in [5, 5.41) is 7.05. The average Bonchev–Trinajstić information content (AvgIpc) is 3.20. The van der Waals surface area contributed by atoms with Crippen molar-refractivity contribution in [1.29, 1.82) is 0 Å². The van der Waals surface area contributed by atoms with Gasteiger partial charge in [-0.1, -0.05) is 17.3 Å². The van der Waals surface area contributed by atoms with E-state index in [2.05, 4.69) is 26.7 Å². The number of nitrogens with zero attached hydrogens (tertiary/aromatic N) is 2. The Bertz CT molecular complexity index is 851. The normalized spacial score (nSPS) is 15.4. The van der Waals surface area contributed by atoms with Gasteiger partial charge in [-0.15, -0.1) is 0 Å². The molecular formula is C18H20N4O2S. The number of carbonyl (C=O) groups is 1. The van der Waals surface area contributed by atoms with Crippen molar-refractivity contribution in [2.75, 3.05) is 12.0 Å². The minimum Gasteiger partial charge on any atom is -0.351 e. The molecule has 2 heterocycles. The van der Waals surface area contributed by atoms with Gasteiger partial charge in [-0.25, -0.2) is 4.98 Å². The lowest BCUT2D eigenvalue weighted by Gasteiger charge is -2.15. The third-order valence-corrected chi connectivity index (χ3v) is 5.05. The van der Waals surface area contributed by atoms with E-state index in [0.29, 0.717) is 5.92 Å². The summed E-state index contributed by atoms with van der Waals surface area (Å²) in [5.41, 5.74) is 2.75. The lowest BCUT2D eigenvalue weighted by atomic mass is 10.2. The van der Waals surface area contributed by atoms with E-state index in [1.54, 1.807) is 17.8 Å². The number of hydrogen-bond donors (Lipinski definition) is 2. The second-order valence-electron chi connectivity index (χ2n) is 6.34. The summed E-state index contributed by atoms with van der Waals surface area (Å²) in [7, 11) is 0. The van der Waals surface area contributed by atoms with Gasteiger partial charge in [0.1, 0.15) is 5.82 Å². The van der Waals surface area contributed by atoms with Crippen molar-refractivity contribution >= 4 is 28.7 Å². The Balaban J connectivity index is 1.54. The summed E-state index contributed by atoms with van der Waals surface area (Å²) in [6.07, 6.45) is 5.10. The van der Waals surface area contributed by atoms with E-state index in [1.165, 1.54) is 0 Å². The van der Waals surface area contributed by atoms with E-state index in [0.717, 1.165) is 47.6 Å². The van der Waals surface area contributed by atoms with Crippen molar-refractivity contribution in [2.24, 2.45) is 0 Å². The van der Waals surface area contributed by atoms with Gasteiger partial charge in [0.25, 0.3) is 5.91 Å². The number of thioether (sulfide) groups is 1. The van der Waals surface area contributed by atoms with E-state index in [4.69, 9.17) is 4.52 Å². The van der Waals surface area contributed by atoms with Crippen molar-refractivity contribution in [3.05, 3.63) is 47.6 Å². The molecule has 1 aliphatic rings. The molecular weight excluding hydrogens is 336 g/mol. The van der Waals surface area contributed by atoms with Crippen LogP contribution in [0.25, 0.3) is 11.0 Å². The van der Waals surface area contributed by atoms with Crippen molar-refractivity contribution in [1.82, 2.24) is 20.4 Å². The van der Waals surface area contributed by atoms with Gasteiger partial charge in [0.15, 0.2) is 0 Å². The molecule has 4 rings (SSSR count). The first-order chi connectivity index (χ1) is 12.2. The number of imidazole rings is 1. The molecule has 1 fully saturated rings. The van der Waals surface area contributed by atoms with Gasteiger partial charge in [-0.05, 0) is 43.4 Å². The number of amides is 1. The number of nitrogens with one attached hydrogen (secondary N) is 2. The fourth-order valence-corrected chi connectivity index (χ4v) is 3.32. The minimum atomic E-state index is -0.244. The van der Waals surface area contributed by atoms with E-state index < -0.39 is 0 Å². The molecule has 1 aliphatic carbocycles. The van der Waals surface area contributed by atoms with Crippen molar-refractivity contribution in [3.63, 3.8) is 0 Å². The first-order valence-corrected chi connectivity index (χ1v) is 9.85. The number of aromatic amines is 1. The molecule has 0 saturated heterocycles.